The second-order valence-electron chi connectivity index (χ2n) is 5.81. The molecule has 1 aromatic heterocycles. The Hall–Kier alpha value is -3.16. The van der Waals surface area contributed by atoms with Crippen molar-refractivity contribution in [1.29, 1.82) is 0 Å². The van der Waals surface area contributed by atoms with Crippen LogP contribution in [0, 0.1) is 0 Å². The van der Waals surface area contributed by atoms with Crippen molar-refractivity contribution >= 4 is 29.3 Å². The average molecular weight is 355 g/mol. The number of aromatic nitrogens is 1. The Labute approximate surface area is 153 Å². The van der Waals surface area contributed by atoms with Crippen LogP contribution in [0.4, 0.5) is 5.82 Å². The molecule has 2 heterocycles. The molecule has 1 aliphatic rings. The van der Waals surface area contributed by atoms with Gasteiger partial charge < -0.3 is 21.7 Å². The van der Waals surface area contributed by atoms with Crippen molar-refractivity contribution < 1.29 is 4.79 Å². The minimum atomic E-state index is 0.0159. The van der Waals surface area contributed by atoms with Gasteiger partial charge in [0.15, 0.2) is 5.82 Å². The molecule has 8 heteroatoms. The van der Waals surface area contributed by atoms with E-state index in [0.717, 1.165) is 22.4 Å². The van der Waals surface area contributed by atoms with Gasteiger partial charge in [-0.1, -0.05) is 0 Å². The molecule has 8 nitrogen and oxygen atoms in total. The predicted octanol–water partition coefficient (Wildman–Crippen LogP) is 0.796. The number of amidine groups is 1. The molecule has 1 aliphatic heterocycles. The van der Waals surface area contributed by atoms with Crippen molar-refractivity contribution in [3.8, 4) is 0 Å². The van der Waals surface area contributed by atoms with Crippen LogP contribution >= 0.6 is 0 Å². The first-order chi connectivity index (χ1) is 12.5. The van der Waals surface area contributed by atoms with E-state index in [2.05, 4.69) is 20.3 Å². The quantitative estimate of drug-likeness (QED) is 0.532. The first kappa shape index (κ1) is 19.2. The van der Waals surface area contributed by atoms with Crippen molar-refractivity contribution in [2.24, 2.45) is 21.5 Å². The molecule has 0 bridgehead atoms. The van der Waals surface area contributed by atoms with E-state index < -0.39 is 0 Å². The average Bonchev–Trinajstić information content (AvgIpc) is 2.65. The number of rotatable bonds is 5. The van der Waals surface area contributed by atoms with Gasteiger partial charge in [-0.3, -0.25) is 9.79 Å². The van der Waals surface area contributed by atoms with Crippen LogP contribution < -0.4 is 16.8 Å². The smallest absolute Gasteiger partial charge is 0.219 e. The highest BCUT2D eigenvalue weighted by Crippen LogP contribution is 2.20. The van der Waals surface area contributed by atoms with E-state index in [1.807, 2.05) is 13.1 Å². The normalized spacial score (nSPS) is 16.3. The molecule has 0 atom stereocenters. The lowest BCUT2D eigenvalue weighted by molar-refractivity contribution is -0.128. The molecular weight excluding hydrogens is 330 g/mol. The van der Waals surface area contributed by atoms with Gasteiger partial charge in [0, 0.05) is 69.4 Å². The summed E-state index contributed by atoms with van der Waals surface area (Å²) < 4.78 is 0. The number of allylic oxidation sites excluding steroid dienone is 1. The zero-order valence-electron chi connectivity index (χ0n) is 15.4. The first-order valence-electron chi connectivity index (χ1n) is 8.30. The van der Waals surface area contributed by atoms with Gasteiger partial charge in [0.25, 0.3) is 0 Å². The van der Waals surface area contributed by atoms with E-state index in [9.17, 15) is 4.79 Å². The Balaban J connectivity index is 2.36. The number of pyridine rings is 1. The van der Waals surface area contributed by atoms with Crippen molar-refractivity contribution in [3.63, 3.8) is 0 Å². The fraction of sp³-hybridized carbons (Fsp3) is 0.333. The van der Waals surface area contributed by atoms with Crippen LogP contribution in [0.1, 0.15) is 18.9 Å². The third-order valence-electron chi connectivity index (χ3n) is 4.16. The summed E-state index contributed by atoms with van der Waals surface area (Å²) in [5.41, 5.74) is 15.3. The van der Waals surface area contributed by atoms with E-state index in [1.54, 1.807) is 37.3 Å². The van der Waals surface area contributed by atoms with Crippen LogP contribution in [0.2, 0.25) is 0 Å². The lowest BCUT2D eigenvalue weighted by atomic mass is 10.0. The molecule has 0 aromatic carbocycles. The molecule has 0 saturated heterocycles. The number of amides is 1. The van der Waals surface area contributed by atoms with E-state index in [4.69, 9.17) is 11.5 Å². The van der Waals surface area contributed by atoms with Crippen molar-refractivity contribution in [3.05, 3.63) is 41.4 Å². The number of hydrogen-bond donors (Lipinski definition) is 3. The van der Waals surface area contributed by atoms with E-state index >= 15 is 0 Å². The molecule has 0 radical (unpaired) electrons. The molecule has 0 unspecified atom stereocenters. The number of carbonyl (C=O) groups is 1. The summed E-state index contributed by atoms with van der Waals surface area (Å²) in [5.74, 6) is 0.821. The maximum Gasteiger partial charge on any atom is 0.219 e. The molecule has 26 heavy (non-hydrogen) atoms. The Bertz CT molecular complexity index is 792. The minimum Gasteiger partial charge on any atom is -0.404 e. The zero-order valence-corrected chi connectivity index (χ0v) is 15.4. The highest BCUT2D eigenvalue weighted by Gasteiger charge is 2.22. The summed E-state index contributed by atoms with van der Waals surface area (Å²) in [6.07, 6.45) is 5.50. The second-order valence-corrected chi connectivity index (χ2v) is 5.81. The maximum absolute atomic E-state index is 11.7. The predicted molar refractivity (Wildman–Crippen MR) is 105 cm³/mol. The Morgan fingerprint density at radius 3 is 2.85 bits per heavy atom. The monoisotopic (exact) mass is 355 g/mol. The standard InChI is InChI=1S/C18H25N7O/c1-12(26)25-7-5-16(22-3)15(11-25)18(20)24-17-8-13(4-6-23-17)14(9-19)10-21-2/h4,6,8-10,22H,5,7,11,19H2,1-3H3,(H2,20,23,24). The van der Waals surface area contributed by atoms with Crippen molar-refractivity contribution in [2.75, 3.05) is 27.2 Å². The first-order valence-corrected chi connectivity index (χ1v) is 8.30. The van der Waals surface area contributed by atoms with Crippen LogP contribution in [0.25, 0.3) is 5.57 Å². The highest BCUT2D eigenvalue weighted by atomic mass is 16.2. The Morgan fingerprint density at radius 2 is 2.23 bits per heavy atom. The van der Waals surface area contributed by atoms with Gasteiger partial charge in [-0.05, 0) is 17.7 Å². The third kappa shape index (κ3) is 4.47. The van der Waals surface area contributed by atoms with Crippen LogP contribution in [-0.4, -0.2) is 55.0 Å². The van der Waals surface area contributed by atoms with Gasteiger partial charge in [-0.15, -0.1) is 0 Å². The number of carbonyl (C=O) groups excluding carboxylic acids is 1. The van der Waals surface area contributed by atoms with Crippen LogP contribution in [-0.2, 0) is 4.79 Å². The van der Waals surface area contributed by atoms with Crippen molar-refractivity contribution in [1.82, 2.24) is 15.2 Å². The Kier molecular flexibility index (Phi) is 6.48. The summed E-state index contributed by atoms with van der Waals surface area (Å²) in [6.45, 7) is 2.64. The summed E-state index contributed by atoms with van der Waals surface area (Å²) >= 11 is 0. The summed E-state index contributed by atoms with van der Waals surface area (Å²) in [7, 11) is 3.52. The van der Waals surface area contributed by atoms with Gasteiger partial charge >= 0.3 is 0 Å². The largest absolute Gasteiger partial charge is 0.404 e. The highest BCUT2D eigenvalue weighted by molar-refractivity contribution is 6.09. The molecule has 1 aromatic rings. The molecule has 0 spiro atoms. The molecule has 0 fully saturated rings. The van der Waals surface area contributed by atoms with Gasteiger partial charge in [0.1, 0.15) is 5.84 Å². The fourth-order valence-electron chi connectivity index (χ4n) is 2.75. The van der Waals surface area contributed by atoms with Gasteiger partial charge in [0.05, 0.1) is 6.54 Å². The maximum atomic E-state index is 11.7. The second kappa shape index (κ2) is 8.80. The fourth-order valence-corrected chi connectivity index (χ4v) is 2.75. The zero-order chi connectivity index (χ0) is 19.1. The number of nitrogens with zero attached hydrogens (tertiary/aromatic N) is 4. The number of nitrogens with one attached hydrogen (secondary N) is 1. The van der Waals surface area contributed by atoms with Gasteiger partial charge in [-0.2, -0.15) is 0 Å². The summed E-state index contributed by atoms with van der Waals surface area (Å²) in [6, 6.07) is 3.62. The minimum absolute atomic E-state index is 0.0159. The topological polar surface area (TPSA) is 122 Å². The third-order valence-corrected chi connectivity index (χ3v) is 4.16. The number of nitrogens with two attached hydrogens (primary N) is 2. The SMILES string of the molecule is CN=CC(=CN)c1ccnc(N=C(N)C2=C(NC)CCN(C(C)=O)C2)c1. The van der Waals surface area contributed by atoms with Gasteiger partial charge in [-0.25, -0.2) is 9.98 Å². The molecule has 0 saturated carbocycles. The molecule has 138 valence electrons. The molecular formula is C18H25N7O. The number of aliphatic imine (C=N–C) groups is 2. The van der Waals surface area contributed by atoms with Crippen LogP contribution in [0.5, 0.6) is 0 Å². The molecule has 0 aliphatic carbocycles. The van der Waals surface area contributed by atoms with Crippen molar-refractivity contribution in [2.45, 2.75) is 13.3 Å². The Morgan fingerprint density at radius 1 is 1.46 bits per heavy atom. The molecule has 5 N–H and O–H groups in total. The summed E-state index contributed by atoms with van der Waals surface area (Å²) in [5, 5.41) is 3.15. The lowest BCUT2D eigenvalue weighted by Gasteiger charge is -2.29. The number of hydrogen-bond acceptors (Lipinski definition) is 6. The molecule has 2 rings (SSSR count). The van der Waals surface area contributed by atoms with E-state index in [-0.39, 0.29) is 5.91 Å². The summed E-state index contributed by atoms with van der Waals surface area (Å²) in [4.78, 5) is 26.1. The van der Waals surface area contributed by atoms with E-state index in [0.29, 0.717) is 31.2 Å². The van der Waals surface area contributed by atoms with E-state index in [1.165, 1.54) is 6.20 Å². The van der Waals surface area contributed by atoms with Crippen LogP contribution in [0.15, 0.2) is 45.8 Å². The molecule has 1 amide bonds. The van der Waals surface area contributed by atoms with Gasteiger partial charge in [0.2, 0.25) is 5.91 Å². The van der Waals surface area contributed by atoms with Crippen LogP contribution in [0.3, 0.4) is 0 Å². The lowest BCUT2D eigenvalue weighted by Crippen LogP contribution is -2.40.